The van der Waals surface area contributed by atoms with E-state index in [1.807, 2.05) is 6.92 Å². The average molecular weight is 344 g/mol. The molecule has 132 valence electrons. The van der Waals surface area contributed by atoms with E-state index in [0.717, 1.165) is 5.75 Å². The summed E-state index contributed by atoms with van der Waals surface area (Å²) in [5.41, 5.74) is 0.825. The number of hydrogen-bond acceptors (Lipinski definition) is 3. The van der Waals surface area contributed by atoms with Gasteiger partial charge in [0, 0.05) is 24.2 Å². The lowest BCUT2D eigenvalue weighted by Gasteiger charge is -2.08. The van der Waals surface area contributed by atoms with E-state index < -0.39 is 5.82 Å². The van der Waals surface area contributed by atoms with Crippen LogP contribution in [0, 0.1) is 5.82 Å². The fourth-order valence-electron chi connectivity index (χ4n) is 2.20. The van der Waals surface area contributed by atoms with E-state index in [2.05, 4.69) is 10.6 Å². The van der Waals surface area contributed by atoms with Gasteiger partial charge in [0.05, 0.1) is 6.61 Å². The van der Waals surface area contributed by atoms with Crippen molar-refractivity contribution < 1.29 is 18.7 Å². The molecule has 2 amide bonds. The zero-order chi connectivity index (χ0) is 18.1. The Morgan fingerprint density at radius 3 is 2.20 bits per heavy atom. The Bertz CT molecular complexity index is 717. The molecule has 0 aliphatic rings. The molecule has 0 aliphatic carbocycles. The van der Waals surface area contributed by atoms with Gasteiger partial charge < -0.3 is 15.4 Å². The van der Waals surface area contributed by atoms with Crippen LogP contribution in [0.25, 0.3) is 0 Å². The second-order valence-electron chi connectivity index (χ2n) is 5.33. The summed E-state index contributed by atoms with van der Waals surface area (Å²) in [7, 11) is 0. The highest BCUT2D eigenvalue weighted by molar-refractivity contribution is 5.94. The molecule has 0 unspecified atom stereocenters. The van der Waals surface area contributed by atoms with Gasteiger partial charge in [-0.2, -0.15) is 0 Å². The zero-order valence-corrected chi connectivity index (χ0v) is 14.0. The van der Waals surface area contributed by atoms with Crippen LogP contribution in [0.2, 0.25) is 0 Å². The van der Waals surface area contributed by atoms with Crippen LogP contribution in [-0.4, -0.2) is 31.5 Å². The second kappa shape index (κ2) is 9.42. The van der Waals surface area contributed by atoms with E-state index in [-0.39, 0.29) is 17.4 Å². The lowest BCUT2D eigenvalue weighted by atomic mass is 10.2. The Labute approximate surface area is 146 Å². The highest BCUT2D eigenvalue weighted by Crippen LogP contribution is 2.11. The number of hydrogen-bond donors (Lipinski definition) is 2. The summed E-state index contributed by atoms with van der Waals surface area (Å²) >= 11 is 0. The first-order valence-electron chi connectivity index (χ1n) is 8.15. The summed E-state index contributed by atoms with van der Waals surface area (Å²) < 4.78 is 18.4. The van der Waals surface area contributed by atoms with E-state index in [4.69, 9.17) is 4.74 Å². The maximum Gasteiger partial charge on any atom is 0.251 e. The van der Waals surface area contributed by atoms with Gasteiger partial charge in [-0.05, 0) is 55.8 Å². The molecule has 0 saturated heterocycles. The Hall–Kier alpha value is -2.89. The van der Waals surface area contributed by atoms with E-state index in [1.54, 1.807) is 30.3 Å². The maximum atomic E-state index is 13.1. The fraction of sp³-hybridized carbons (Fsp3) is 0.263. The highest BCUT2D eigenvalue weighted by atomic mass is 19.1. The van der Waals surface area contributed by atoms with E-state index in [1.165, 1.54) is 18.2 Å². The summed E-state index contributed by atoms with van der Waals surface area (Å²) in [4.78, 5) is 23.8. The minimum Gasteiger partial charge on any atom is -0.494 e. The van der Waals surface area contributed by atoms with Crippen molar-refractivity contribution in [3.63, 3.8) is 0 Å². The molecule has 0 heterocycles. The third-order valence-electron chi connectivity index (χ3n) is 3.44. The Morgan fingerprint density at radius 2 is 1.60 bits per heavy atom. The smallest absolute Gasteiger partial charge is 0.251 e. The molecule has 0 spiro atoms. The Balaban J connectivity index is 1.68. The number of carbonyl (C=O) groups excluding carboxylic acids is 2. The predicted molar refractivity (Wildman–Crippen MR) is 93.3 cm³/mol. The average Bonchev–Trinajstić information content (AvgIpc) is 2.62. The van der Waals surface area contributed by atoms with Crippen molar-refractivity contribution in [1.82, 2.24) is 10.6 Å². The summed E-state index contributed by atoms with van der Waals surface area (Å²) in [5, 5.41) is 5.47. The van der Waals surface area contributed by atoms with Crippen molar-refractivity contribution in [1.29, 1.82) is 0 Å². The van der Waals surface area contributed by atoms with Crippen molar-refractivity contribution in [2.75, 3.05) is 19.7 Å². The van der Waals surface area contributed by atoms with Crippen LogP contribution >= 0.6 is 0 Å². The topological polar surface area (TPSA) is 67.4 Å². The normalized spacial score (nSPS) is 10.2. The van der Waals surface area contributed by atoms with Gasteiger partial charge in [-0.15, -0.1) is 0 Å². The van der Waals surface area contributed by atoms with Gasteiger partial charge in [0.2, 0.25) is 0 Å². The van der Waals surface area contributed by atoms with E-state index >= 15 is 0 Å². The van der Waals surface area contributed by atoms with Crippen LogP contribution < -0.4 is 15.4 Å². The number of amides is 2. The van der Waals surface area contributed by atoms with E-state index in [0.29, 0.717) is 31.7 Å². The number of nitrogens with one attached hydrogen (secondary N) is 2. The first kappa shape index (κ1) is 18.4. The third kappa shape index (κ3) is 5.91. The second-order valence-corrected chi connectivity index (χ2v) is 5.33. The largest absolute Gasteiger partial charge is 0.494 e. The molecular formula is C19H21FN2O3. The molecule has 6 heteroatoms. The molecule has 0 bridgehead atoms. The van der Waals surface area contributed by atoms with Crippen LogP contribution in [-0.2, 0) is 0 Å². The molecule has 2 N–H and O–H groups in total. The quantitative estimate of drug-likeness (QED) is 0.724. The van der Waals surface area contributed by atoms with Gasteiger partial charge >= 0.3 is 0 Å². The molecule has 0 fully saturated rings. The molecule has 5 nitrogen and oxygen atoms in total. The van der Waals surface area contributed by atoms with Gasteiger partial charge in [0.15, 0.2) is 0 Å². The van der Waals surface area contributed by atoms with E-state index in [9.17, 15) is 14.0 Å². The summed E-state index contributed by atoms with van der Waals surface area (Å²) in [6.45, 7) is 3.29. The van der Waals surface area contributed by atoms with Crippen LogP contribution in [0.1, 0.15) is 34.1 Å². The Morgan fingerprint density at radius 1 is 0.960 bits per heavy atom. The molecule has 0 saturated carbocycles. The minimum atomic E-state index is -0.449. The monoisotopic (exact) mass is 344 g/mol. The van der Waals surface area contributed by atoms with Crippen LogP contribution in [0.4, 0.5) is 4.39 Å². The highest BCUT2D eigenvalue weighted by Gasteiger charge is 2.07. The summed E-state index contributed by atoms with van der Waals surface area (Å²) in [6, 6.07) is 12.4. The molecule has 0 aromatic heterocycles. The molecule has 0 radical (unpaired) electrons. The number of benzene rings is 2. The number of rotatable bonds is 8. The van der Waals surface area contributed by atoms with Crippen molar-refractivity contribution in [2.45, 2.75) is 13.3 Å². The number of carbonyl (C=O) groups is 2. The maximum absolute atomic E-state index is 13.1. The molecular weight excluding hydrogens is 323 g/mol. The van der Waals surface area contributed by atoms with Gasteiger partial charge in [-0.3, -0.25) is 9.59 Å². The molecule has 0 atom stereocenters. The predicted octanol–water partition coefficient (Wildman–Crippen LogP) is 2.77. The minimum absolute atomic E-state index is 0.181. The van der Waals surface area contributed by atoms with Crippen molar-refractivity contribution >= 4 is 11.8 Å². The van der Waals surface area contributed by atoms with Gasteiger partial charge in [0.25, 0.3) is 11.8 Å². The summed E-state index contributed by atoms with van der Waals surface area (Å²) in [5.74, 6) is -0.244. The van der Waals surface area contributed by atoms with Crippen molar-refractivity contribution in [3.8, 4) is 5.75 Å². The van der Waals surface area contributed by atoms with Crippen molar-refractivity contribution in [2.24, 2.45) is 0 Å². The number of ether oxygens (including phenoxy) is 1. The molecule has 2 aromatic rings. The number of halogens is 1. The SMILES string of the molecule is CCOc1ccc(C(=O)NCCCNC(=O)c2cccc(F)c2)cc1. The summed E-state index contributed by atoms with van der Waals surface area (Å²) in [6.07, 6.45) is 0.573. The fourth-order valence-corrected chi connectivity index (χ4v) is 2.20. The first-order valence-corrected chi connectivity index (χ1v) is 8.15. The zero-order valence-electron chi connectivity index (χ0n) is 14.0. The first-order chi connectivity index (χ1) is 12.1. The van der Waals surface area contributed by atoms with Crippen LogP contribution in [0.5, 0.6) is 5.75 Å². The molecule has 2 rings (SSSR count). The lowest BCUT2D eigenvalue weighted by molar-refractivity contribution is 0.0951. The van der Waals surface area contributed by atoms with Gasteiger partial charge in [0.1, 0.15) is 11.6 Å². The van der Waals surface area contributed by atoms with Gasteiger partial charge in [-0.1, -0.05) is 6.07 Å². The van der Waals surface area contributed by atoms with Gasteiger partial charge in [-0.25, -0.2) is 4.39 Å². The van der Waals surface area contributed by atoms with Crippen LogP contribution in [0.3, 0.4) is 0 Å². The lowest BCUT2D eigenvalue weighted by Crippen LogP contribution is -2.29. The Kier molecular flexibility index (Phi) is 6.95. The molecule has 2 aromatic carbocycles. The standard InChI is InChI=1S/C19H21FN2O3/c1-2-25-17-9-7-14(8-10-17)18(23)21-11-4-12-22-19(24)15-5-3-6-16(20)13-15/h3,5-10,13H,2,4,11-12H2,1H3,(H,21,23)(H,22,24). The molecule has 0 aliphatic heterocycles. The van der Waals surface area contributed by atoms with Crippen molar-refractivity contribution in [3.05, 3.63) is 65.5 Å². The molecule has 25 heavy (non-hydrogen) atoms. The third-order valence-corrected chi connectivity index (χ3v) is 3.44. The van der Waals surface area contributed by atoms with Crippen LogP contribution in [0.15, 0.2) is 48.5 Å².